The minimum Gasteiger partial charge on any atom is -0.361 e. The lowest BCUT2D eigenvalue weighted by molar-refractivity contribution is 0.0975. The highest BCUT2D eigenvalue weighted by Gasteiger charge is 2.17. The van der Waals surface area contributed by atoms with E-state index in [0.29, 0.717) is 11.4 Å². The van der Waals surface area contributed by atoms with E-state index in [4.69, 9.17) is 0 Å². The molecule has 3 rings (SSSR count). The van der Waals surface area contributed by atoms with Crippen molar-refractivity contribution in [3.05, 3.63) is 52.6 Å². The van der Waals surface area contributed by atoms with Crippen molar-refractivity contribution in [2.45, 2.75) is 19.3 Å². The van der Waals surface area contributed by atoms with Crippen LogP contribution in [0.2, 0.25) is 0 Å². The molecule has 0 spiro atoms. The Morgan fingerprint density at radius 1 is 1.42 bits per heavy atom. The minimum atomic E-state index is 0.118. The summed E-state index contributed by atoms with van der Waals surface area (Å²) in [5.41, 5.74) is 2.31. The smallest absolute Gasteiger partial charge is 0.191 e. The molecule has 1 atom stereocenters. The van der Waals surface area contributed by atoms with Gasteiger partial charge < -0.3 is 4.98 Å². The van der Waals surface area contributed by atoms with Gasteiger partial charge in [-0.25, -0.2) is 4.98 Å². The normalized spacial score (nSPS) is 12.7. The van der Waals surface area contributed by atoms with Crippen LogP contribution in [-0.4, -0.2) is 15.8 Å². The molecule has 3 aromatic rings. The summed E-state index contributed by atoms with van der Waals surface area (Å²) < 4.78 is 0. The van der Waals surface area contributed by atoms with Crippen molar-refractivity contribution in [1.82, 2.24) is 9.97 Å². The van der Waals surface area contributed by atoms with Gasteiger partial charge in [0.2, 0.25) is 0 Å². The predicted molar refractivity (Wildman–Crippen MR) is 77.8 cm³/mol. The Labute approximate surface area is 115 Å². The number of aromatic nitrogens is 2. The summed E-state index contributed by atoms with van der Waals surface area (Å²) >= 11 is 1.41. The van der Waals surface area contributed by atoms with Gasteiger partial charge in [0.05, 0.1) is 0 Å². The molecular weight excluding hydrogens is 256 g/mol. The first-order valence-corrected chi connectivity index (χ1v) is 7.12. The van der Waals surface area contributed by atoms with E-state index in [0.717, 1.165) is 5.52 Å². The molecule has 19 heavy (non-hydrogen) atoms. The van der Waals surface area contributed by atoms with Crippen molar-refractivity contribution in [2.24, 2.45) is 0 Å². The number of nitrogens with one attached hydrogen (secondary N) is 1. The zero-order valence-electron chi connectivity index (χ0n) is 10.6. The van der Waals surface area contributed by atoms with Crippen LogP contribution in [0.4, 0.5) is 0 Å². The minimum absolute atomic E-state index is 0.118. The monoisotopic (exact) mass is 270 g/mol. The Kier molecular flexibility index (Phi) is 3.17. The molecule has 0 bridgehead atoms. The molecule has 0 aliphatic carbocycles. The number of nitrogens with zero attached hydrogens (tertiary/aromatic N) is 1. The second-order valence-corrected chi connectivity index (χ2v) is 5.55. The van der Waals surface area contributed by atoms with E-state index >= 15 is 0 Å². The fraction of sp³-hybridized carbons (Fsp3) is 0.200. The molecule has 0 saturated heterocycles. The average molecular weight is 270 g/mol. The number of carbonyl (C=O) groups excluding carboxylic acids is 1. The van der Waals surface area contributed by atoms with Gasteiger partial charge in [-0.3, -0.25) is 4.79 Å². The number of H-pyrrole nitrogens is 1. The van der Waals surface area contributed by atoms with Gasteiger partial charge in [-0.2, -0.15) is 0 Å². The number of hydrogen-bond donors (Lipinski definition) is 1. The largest absolute Gasteiger partial charge is 0.361 e. The second-order valence-electron chi connectivity index (χ2n) is 4.66. The Bertz CT molecular complexity index is 700. The average Bonchev–Trinajstić information content (AvgIpc) is 3.08. The molecule has 1 N–H and O–H groups in total. The Morgan fingerprint density at radius 3 is 3.05 bits per heavy atom. The number of ketones is 1. The summed E-state index contributed by atoms with van der Waals surface area (Å²) in [7, 11) is 0. The molecule has 0 aliphatic heterocycles. The SMILES string of the molecule is C[C@H](CC(=O)c1nccs1)c1c[nH]c2ccccc12. The molecular formula is C15H14N2OS. The summed E-state index contributed by atoms with van der Waals surface area (Å²) in [5, 5.41) is 3.64. The molecule has 96 valence electrons. The molecule has 4 heteroatoms. The first-order valence-electron chi connectivity index (χ1n) is 6.24. The topological polar surface area (TPSA) is 45.8 Å². The van der Waals surface area contributed by atoms with Crippen molar-refractivity contribution >= 4 is 28.0 Å². The standard InChI is InChI=1S/C15H14N2OS/c1-10(8-14(18)15-16-6-7-19-15)12-9-17-13-5-3-2-4-11(12)13/h2-7,9-10,17H,8H2,1H3/t10-/m1/s1. The third-order valence-corrected chi connectivity index (χ3v) is 4.13. The molecule has 0 saturated carbocycles. The highest BCUT2D eigenvalue weighted by atomic mass is 32.1. The fourth-order valence-electron chi connectivity index (χ4n) is 2.34. The van der Waals surface area contributed by atoms with E-state index in [1.54, 1.807) is 6.20 Å². The summed E-state index contributed by atoms with van der Waals surface area (Å²) in [6.07, 6.45) is 4.17. The van der Waals surface area contributed by atoms with E-state index in [1.165, 1.54) is 22.3 Å². The summed E-state index contributed by atoms with van der Waals surface area (Å²) in [6.45, 7) is 2.08. The van der Waals surface area contributed by atoms with Crippen LogP contribution in [0, 0.1) is 0 Å². The maximum absolute atomic E-state index is 12.1. The Balaban J connectivity index is 1.84. The molecule has 0 unspecified atom stereocenters. The summed E-state index contributed by atoms with van der Waals surface area (Å²) in [5.74, 6) is 0.306. The zero-order chi connectivity index (χ0) is 13.2. The number of rotatable bonds is 4. The highest BCUT2D eigenvalue weighted by Crippen LogP contribution is 2.28. The van der Waals surface area contributed by atoms with Gasteiger partial charge in [0.15, 0.2) is 10.8 Å². The lowest BCUT2D eigenvalue weighted by atomic mass is 9.95. The van der Waals surface area contributed by atoms with E-state index in [-0.39, 0.29) is 11.7 Å². The summed E-state index contributed by atoms with van der Waals surface area (Å²) in [4.78, 5) is 19.4. The van der Waals surface area contributed by atoms with E-state index in [2.05, 4.69) is 23.0 Å². The van der Waals surface area contributed by atoms with Gasteiger partial charge in [-0.15, -0.1) is 11.3 Å². The number of thiazole rings is 1. The molecule has 0 fully saturated rings. The lowest BCUT2D eigenvalue weighted by Gasteiger charge is -2.08. The van der Waals surface area contributed by atoms with Crippen molar-refractivity contribution in [1.29, 1.82) is 0 Å². The van der Waals surface area contributed by atoms with Gasteiger partial charge in [-0.1, -0.05) is 25.1 Å². The number of carbonyl (C=O) groups is 1. The van der Waals surface area contributed by atoms with Crippen LogP contribution < -0.4 is 0 Å². The molecule has 2 aromatic heterocycles. The quantitative estimate of drug-likeness (QED) is 0.728. The third-order valence-electron chi connectivity index (χ3n) is 3.31. The highest BCUT2D eigenvalue weighted by molar-refractivity contribution is 7.11. The van der Waals surface area contributed by atoms with Gasteiger partial charge in [0.1, 0.15) is 0 Å². The van der Waals surface area contributed by atoms with Crippen LogP contribution in [0.15, 0.2) is 42.0 Å². The van der Waals surface area contributed by atoms with Crippen molar-refractivity contribution in [3.8, 4) is 0 Å². The lowest BCUT2D eigenvalue weighted by Crippen LogP contribution is -2.04. The predicted octanol–water partition coefficient (Wildman–Crippen LogP) is 4.00. The van der Waals surface area contributed by atoms with Crippen LogP contribution in [-0.2, 0) is 0 Å². The number of fused-ring (bicyclic) bond motifs is 1. The molecule has 2 heterocycles. The van der Waals surface area contributed by atoms with Crippen molar-refractivity contribution in [3.63, 3.8) is 0 Å². The van der Waals surface area contributed by atoms with Gasteiger partial charge in [0, 0.05) is 35.1 Å². The first-order chi connectivity index (χ1) is 9.25. The molecule has 0 radical (unpaired) electrons. The van der Waals surface area contributed by atoms with Crippen LogP contribution in [0.25, 0.3) is 10.9 Å². The van der Waals surface area contributed by atoms with Crippen LogP contribution in [0.3, 0.4) is 0 Å². The molecule has 1 aromatic carbocycles. The Morgan fingerprint density at radius 2 is 2.26 bits per heavy atom. The number of aromatic amines is 1. The second kappa shape index (κ2) is 4.97. The number of Topliss-reactive ketones (excluding diaryl/α,β-unsaturated/α-hetero) is 1. The van der Waals surface area contributed by atoms with Gasteiger partial charge in [-0.05, 0) is 17.5 Å². The van der Waals surface area contributed by atoms with Crippen LogP contribution >= 0.6 is 11.3 Å². The number of hydrogen-bond acceptors (Lipinski definition) is 3. The van der Waals surface area contributed by atoms with E-state index in [1.807, 2.05) is 29.8 Å². The first kappa shape index (κ1) is 12.1. The maximum atomic E-state index is 12.1. The fourth-order valence-corrected chi connectivity index (χ4v) is 2.93. The van der Waals surface area contributed by atoms with Crippen molar-refractivity contribution in [2.75, 3.05) is 0 Å². The number of para-hydroxylation sites is 1. The van der Waals surface area contributed by atoms with Gasteiger partial charge in [0.25, 0.3) is 0 Å². The molecule has 0 aliphatic rings. The van der Waals surface area contributed by atoms with Gasteiger partial charge >= 0.3 is 0 Å². The summed E-state index contributed by atoms with van der Waals surface area (Å²) in [6, 6.07) is 8.17. The van der Waals surface area contributed by atoms with Crippen LogP contribution in [0.1, 0.15) is 34.6 Å². The third kappa shape index (κ3) is 2.31. The van der Waals surface area contributed by atoms with E-state index in [9.17, 15) is 4.79 Å². The Hall–Kier alpha value is -1.94. The van der Waals surface area contributed by atoms with Crippen LogP contribution in [0.5, 0.6) is 0 Å². The number of benzene rings is 1. The van der Waals surface area contributed by atoms with Crippen molar-refractivity contribution < 1.29 is 4.79 Å². The zero-order valence-corrected chi connectivity index (χ0v) is 11.4. The molecule has 3 nitrogen and oxygen atoms in total. The van der Waals surface area contributed by atoms with E-state index < -0.39 is 0 Å². The maximum Gasteiger partial charge on any atom is 0.191 e. The molecule has 0 amide bonds.